The number of hydrogen-bond acceptors (Lipinski definition) is 6. The summed E-state index contributed by atoms with van der Waals surface area (Å²) in [6, 6.07) is 11.7. The lowest BCUT2D eigenvalue weighted by Gasteiger charge is -2.42. The average Bonchev–Trinajstić information content (AvgIpc) is 2.82. The van der Waals surface area contributed by atoms with Crippen molar-refractivity contribution in [2.24, 2.45) is 5.41 Å². The zero-order valence-electron chi connectivity index (χ0n) is 19.7. The zero-order chi connectivity index (χ0) is 23.1. The second-order valence-electron chi connectivity index (χ2n) is 9.47. The van der Waals surface area contributed by atoms with Crippen LogP contribution in [-0.4, -0.2) is 67.2 Å². The van der Waals surface area contributed by atoms with Gasteiger partial charge in [0.05, 0.1) is 13.2 Å². The molecule has 1 fully saturated rings. The van der Waals surface area contributed by atoms with Crippen LogP contribution in [0, 0.1) is 5.41 Å². The van der Waals surface area contributed by atoms with Crippen molar-refractivity contribution in [3.05, 3.63) is 53.7 Å². The number of para-hydroxylation sites is 1. The van der Waals surface area contributed by atoms with Crippen molar-refractivity contribution in [3.8, 4) is 5.75 Å². The fourth-order valence-corrected chi connectivity index (χ4v) is 4.82. The molecule has 0 saturated carbocycles. The Balaban J connectivity index is 1.46. The van der Waals surface area contributed by atoms with Crippen LogP contribution in [0.1, 0.15) is 48.0 Å². The van der Waals surface area contributed by atoms with E-state index in [0.29, 0.717) is 18.0 Å². The van der Waals surface area contributed by atoms with E-state index in [1.807, 2.05) is 11.0 Å². The second-order valence-corrected chi connectivity index (χ2v) is 9.47. The molecule has 178 valence electrons. The fourth-order valence-electron chi connectivity index (χ4n) is 4.82. The lowest BCUT2D eigenvalue weighted by atomic mass is 9.75. The maximum absolute atomic E-state index is 13.0. The van der Waals surface area contributed by atoms with E-state index in [4.69, 9.17) is 15.2 Å². The number of rotatable bonds is 1. The third kappa shape index (κ3) is 6.24. The molecule has 0 bridgehead atoms. The van der Waals surface area contributed by atoms with E-state index in [1.54, 1.807) is 18.3 Å². The first-order valence-corrected chi connectivity index (χ1v) is 12.0. The molecule has 1 spiro atoms. The lowest BCUT2D eigenvalue weighted by molar-refractivity contribution is 0.0333. The minimum atomic E-state index is 0.0301. The van der Waals surface area contributed by atoms with Gasteiger partial charge in [0.1, 0.15) is 11.6 Å². The Bertz CT molecular complexity index is 927. The van der Waals surface area contributed by atoms with Crippen molar-refractivity contribution in [2.45, 2.75) is 38.6 Å². The third-order valence-electron chi connectivity index (χ3n) is 6.95. The first-order chi connectivity index (χ1) is 16.0. The normalized spacial score (nSPS) is 20.5. The number of likely N-dealkylation sites (N-methyl/N-ethyl adjacent to an activating group) is 1. The van der Waals surface area contributed by atoms with Gasteiger partial charge < -0.3 is 20.1 Å². The van der Waals surface area contributed by atoms with Crippen molar-refractivity contribution < 1.29 is 14.3 Å². The summed E-state index contributed by atoms with van der Waals surface area (Å²) in [5.74, 6) is 1.37. The van der Waals surface area contributed by atoms with E-state index < -0.39 is 0 Å². The van der Waals surface area contributed by atoms with E-state index in [-0.39, 0.29) is 11.3 Å². The first kappa shape index (κ1) is 23.5. The number of benzene rings is 1. The number of amides is 1. The molecule has 0 unspecified atom stereocenters. The molecular formula is C26H36N4O3. The van der Waals surface area contributed by atoms with E-state index in [2.05, 4.69) is 35.1 Å². The SMILES string of the molecule is CN1CCOCCCCC2(CCN(C(=O)c3ccnc(N)c3)CC2)COc2ccccc2C1. The van der Waals surface area contributed by atoms with Crippen molar-refractivity contribution in [1.29, 1.82) is 0 Å². The molecule has 2 aliphatic heterocycles. The van der Waals surface area contributed by atoms with Gasteiger partial charge >= 0.3 is 0 Å². The Labute approximate surface area is 196 Å². The molecule has 4 rings (SSSR count). The predicted molar refractivity (Wildman–Crippen MR) is 129 cm³/mol. The molecule has 2 aliphatic rings. The first-order valence-electron chi connectivity index (χ1n) is 12.0. The highest BCUT2D eigenvalue weighted by Crippen LogP contribution is 2.38. The zero-order valence-corrected chi connectivity index (χ0v) is 19.7. The molecule has 33 heavy (non-hydrogen) atoms. The number of pyridine rings is 1. The fraction of sp³-hybridized carbons (Fsp3) is 0.538. The summed E-state index contributed by atoms with van der Waals surface area (Å²) in [4.78, 5) is 21.2. The van der Waals surface area contributed by atoms with E-state index >= 15 is 0 Å². The van der Waals surface area contributed by atoms with Crippen LogP contribution in [0.15, 0.2) is 42.6 Å². The predicted octanol–water partition coefficient (Wildman–Crippen LogP) is 3.60. The number of likely N-dealkylation sites (tertiary alicyclic amines) is 1. The number of anilines is 1. The number of nitrogens with two attached hydrogens (primary N) is 1. The van der Waals surface area contributed by atoms with Crippen LogP contribution < -0.4 is 10.5 Å². The number of fused-ring (bicyclic) bond motifs is 1. The number of nitrogens with zero attached hydrogens (tertiary/aromatic N) is 3. The van der Waals surface area contributed by atoms with Crippen LogP contribution in [0.5, 0.6) is 5.75 Å². The van der Waals surface area contributed by atoms with Gasteiger partial charge in [0.15, 0.2) is 0 Å². The molecule has 0 atom stereocenters. The Kier molecular flexibility index (Phi) is 7.83. The number of aromatic nitrogens is 1. The van der Waals surface area contributed by atoms with E-state index in [9.17, 15) is 4.79 Å². The highest BCUT2D eigenvalue weighted by Gasteiger charge is 2.37. The molecular weight excluding hydrogens is 416 g/mol. The summed E-state index contributed by atoms with van der Waals surface area (Å²) < 4.78 is 12.4. The molecule has 1 saturated heterocycles. The van der Waals surface area contributed by atoms with Crippen LogP contribution >= 0.6 is 0 Å². The Morgan fingerprint density at radius 1 is 1.06 bits per heavy atom. The third-order valence-corrected chi connectivity index (χ3v) is 6.95. The lowest BCUT2D eigenvalue weighted by Crippen LogP contribution is -2.45. The van der Waals surface area contributed by atoms with Crippen LogP contribution in [0.2, 0.25) is 0 Å². The topological polar surface area (TPSA) is 80.9 Å². The van der Waals surface area contributed by atoms with E-state index in [1.165, 1.54) is 5.56 Å². The molecule has 3 heterocycles. The van der Waals surface area contributed by atoms with Crippen molar-refractivity contribution in [3.63, 3.8) is 0 Å². The van der Waals surface area contributed by atoms with Gasteiger partial charge in [0.25, 0.3) is 5.91 Å². The second kappa shape index (κ2) is 11.0. The quantitative estimate of drug-likeness (QED) is 0.712. The van der Waals surface area contributed by atoms with Gasteiger partial charge in [-0.1, -0.05) is 24.6 Å². The molecule has 7 nitrogen and oxygen atoms in total. The average molecular weight is 453 g/mol. The minimum Gasteiger partial charge on any atom is -0.493 e. The summed E-state index contributed by atoms with van der Waals surface area (Å²) >= 11 is 0. The number of hydrogen-bond donors (Lipinski definition) is 1. The van der Waals surface area contributed by atoms with Crippen molar-refractivity contribution >= 4 is 11.7 Å². The monoisotopic (exact) mass is 452 g/mol. The summed E-state index contributed by atoms with van der Waals surface area (Å²) in [5.41, 5.74) is 7.66. The number of ether oxygens (including phenoxy) is 2. The van der Waals surface area contributed by atoms with Gasteiger partial charge in [-0.15, -0.1) is 0 Å². The summed E-state index contributed by atoms with van der Waals surface area (Å²) in [6.45, 7) is 5.43. The highest BCUT2D eigenvalue weighted by atomic mass is 16.5. The highest BCUT2D eigenvalue weighted by molar-refractivity contribution is 5.94. The van der Waals surface area contributed by atoms with Gasteiger partial charge in [-0.25, -0.2) is 4.98 Å². The van der Waals surface area contributed by atoms with Crippen LogP contribution in [0.25, 0.3) is 0 Å². The Morgan fingerprint density at radius 3 is 2.70 bits per heavy atom. The summed E-state index contributed by atoms with van der Waals surface area (Å²) in [7, 11) is 2.12. The minimum absolute atomic E-state index is 0.0301. The number of carbonyl (C=O) groups excluding carboxylic acids is 1. The van der Waals surface area contributed by atoms with Crippen molar-refractivity contribution in [1.82, 2.24) is 14.8 Å². The van der Waals surface area contributed by atoms with E-state index in [0.717, 1.165) is 77.2 Å². The molecule has 2 aromatic rings. The largest absolute Gasteiger partial charge is 0.493 e. The molecule has 0 radical (unpaired) electrons. The maximum Gasteiger partial charge on any atom is 0.254 e. The van der Waals surface area contributed by atoms with Gasteiger partial charge in [-0.3, -0.25) is 9.69 Å². The van der Waals surface area contributed by atoms with Crippen LogP contribution in [-0.2, 0) is 11.3 Å². The summed E-state index contributed by atoms with van der Waals surface area (Å²) in [6.07, 6.45) is 6.71. The van der Waals surface area contributed by atoms with Crippen LogP contribution in [0.3, 0.4) is 0 Å². The molecule has 0 aliphatic carbocycles. The molecule has 2 N–H and O–H groups in total. The van der Waals surface area contributed by atoms with Crippen molar-refractivity contribution in [2.75, 3.05) is 52.2 Å². The standard InChI is InChI=1S/C26H36N4O3/c1-29-15-17-32-16-5-4-9-26(20-33-23-7-3-2-6-22(23)19-29)10-13-30(14-11-26)25(31)21-8-12-28-24(27)18-21/h2-3,6-8,12,18H,4-5,9-11,13-17,19-20H2,1H3,(H2,27,28). The smallest absolute Gasteiger partial charge is 0.254 e. The summed E-state index contributed by atoms with van der Waals surface area (Å²) in [5, 5.41) is 0. The molecule has 7 heteroatoms. The Hall–Kier alpha value is -2.64. The molecule has 1 aromatic heterocycles. The Morgan fingerprint density at radius 2 is 1.88 bits per heavy atom. The van der Waals surface area contributed by atoms with Gasteiger partial charge in [0, 0.05) is 55.5 Å². The maximum atomic E-state index is 13.0. The number of nitrogen functional groups attached to an aromatic ring is 1. The van der Waals surface area contributed by atoms with Gasteiger partial charge in [0.2, 0.25) is 0 Å². The van der Waals surface area contributed by atoms with Gasteiger partial charge in [-0.2, -0.15) is 0 Å². The molecule has 1 aromatic carbocycles. The molecule has 1 amide bonds. The number of carbonyl (C=O) groups is 1. The van der Waals surface area contributed by atoms with Gasteiger partial charge in [-0.05, 0) is 50.9 Å². The number of piperidine rings is 1. The van der Waals surface area contributed by atoms with Crippen LogP contribution in [0.4, 0.5) is 5.82 Å².